The van der Waals surface area contributed by atoms with Crippen LogP contribution in [0.15, 0.2) is 190 Å². The van der Waals surface area contributed by atoms with Crippen molar-refractivity contribution in [1.82, 2.24) is 50.4 Å². The highest BCUT2D eigenvalue weighted by atomic mass is 35.5. The lowest BCUT2D eigenvalue weighted by atomic mass is 10.1. The van der Waals surface area contributed by atoms with Crippen molar-refractivity contribution in [1.29, 1.82) is 0 Å². The number of nitrogens with zero attached hydrogens (tertiary/aromatic N) is 8. The fraction of sp³-hybridized carbons (Fsp3) is 0.188. The van der Waals surface area contributed by atoms with Crippen LogP contribution in [0.3, 0.4) is 0 Å². The van der Waals surface area contributed by atoms with E-state index in [0.717, 1.165) is 76.8 Å². The number of pyridine rings is 2. The number of benzene rings is 6. The third-order valence-corrected chi connectivity index (χ3v) is 20.5. The molecule has 0 spiro atoms. The van der Waals surface area contributed by atoms with Gasteiger partial charge in [-0.3, -0.25) is 39.5 Å². The van der Waals surface area contributed by atoms with E-state index in [1.807, 2.05) is 23.9 Å². The van der Waals surface area contributed by atoms with E-state index in [-0.39, 0.29) is 55.3 Å². The number of nitrogens with one attached hydrogen (secondary N) is 2. The van der Waals surface area contributed by atoms with Gasteiger partial charge in [-0.2, -0.15) is 43.9 Å². The summed E-state index contributed by atoms with van der Waals surface area (Å²) >= 11 is 25.3. The molecule has 32 heteroatoms. The van der Waals surface area contributed by atoms with Crippen molar-refractivity contribution in [3.05, 3.63) is 213 Å². The lowest BCUT2D eigenvalue weighted by molar-refractivity contribution is 0.0736. The first-order valence-electron chi connectivity index (χ1n) is 29.3. The maximum atomic E-state index is 13.3. The van der Waals surface area contributed by atoms with Gasteiger partial charge in [0.05, 0.1) is 32.8 Å². The van der Waals surface area contributed by atoms with E-state index in [2.05, 4.69) is 31.0 Å². The molecule has 6 heterocycles. The normalized spacial score (nSPS) is 14.0. The Balaban J connectivity index is 0.000000167. The summed E-state index contributed by atoms with van der Waals surface area (Å²) in [5.74, 6) is -0.387. The monoisotopic (exact) mass is 1460 g/mol. The molecule has 0 saturated carbocycles. The molecule has 2 saturated heterocycles. The second-order valence-electron chi connectivity index (χ2n) is 21.7. The van der Waals surface area contributed by atoms with Gasteiger partial charge in [-0.1, -0.05) is 83.5 Å². The van der Waals surface area contributed by atoms with Gasteiger partial charge < -0.3 is 8.37 Å². The van der Waals surface area contributed by atoms with E-state index in [1.165, 1.54) is 97.6 Å². The SMILES string of the molecule is Cc1c(C(=O)NN2CCCCC2)nn(-c2ccc(Cl)cc2Cl)c1-c1ccc(OS(=O)(=O)c2cccnc2)cc1.Cc1c(C(=O)NN2CCCCC2)nn(-c2ccc(Cl)cc2Cl)c1-c1ccc(OS(=O)(=O)c2cccnc2)cc1.O=S(=O)(O)c1cccc2c(S(=O)(=O)O)cccc12. The van der Waals surface area contributed by atoms with Gasteiger partial charge in [-0.15, -0.1) is 0 Å². The van der Waals surface area contributed by atoms with Crippen molar-refractivity contribution in [2.24, 2.45) is 0 Å². The van der Waals surface area contributed by atoms with Crippen molar-refractivity contribution < 1.29 is 60.7 Å². The maximum Gasteiger partial charge on any atom is 0.340 e. The lowest BCUT2D eigenvalue weighted by Crippen LogP contribution is -2.45. The zero-order chi connectivity index (χ0) is 68.7. The first kappa shape index (κ1) is 70.4. The van der Waals surface area contributed by atoms with Gasteiger partial charge in [-0.25, -0.2) is 19.4 Å². The zero-order valence-electron chi connectivity index (χ0n) is 50.8. The van der Waals surface area contributed by atoms with Crippen LogP contribution in [0.2, 0.25) is 20.1 Å². The number of halogens is 4. The summed E-state index contributed by atoms with van der Waals surface area (Å²) < 4.78 is 127. The third kappa shape index (κ3) is 16.7. The third-order valence-electron chi connectivity index (χ3n) is 15.1. The van der Waals surface area contributed by atoms with Gasteiger partial charge in [0, 0.05) is 94.0 Å². The molecule has 0 unspecified atom stereocenters. The van der Waals surface area contributed by atoms with E-state index in [1.54, 1.807) is 70.0 Å². The topological polar surface area (TPSA) is 322 Å². The van der Waals surface area contributed by atoms with Crippen LogP contribution >= 0.6 is 46.4 Å². The van der Waals surface area contributed by atoms with Crippen LogP contribution in [0, 0.1) is 13.8 Å². The summed E-state index contributed by atoms with van der Waals surface area (Å²) in [6.45, 7) is 6.75. The molecule has 500 valence electrons. The number of amides is 2. The van der Waals surface area contributed by atoms with Crippen LogP contribution in [0.5, 0.6) is 11.5 Å². The number of carbonyl (C=O) groups is 2. The average Bonchev–Trinajstić information content (AvgIpc) is 1.75. The van der Waals surface area contributed by atoms with E-state index in [9.17, 15) is 43.3 Å². The van der Waals surface area contributed by atoms with Gasteiger partial charge in [0.2, 0.25) is 0 Å². The highest BCUT2D eigenvalue weighted by Gasteiger charge is 2.29. The minimum absolute atomic E-state index is 0.0233. The van der Waals surface area contributed by atoms with Crippen molar-refractivity contribution in [2.75, 3.05) is 26.2 Å². The number of rotatable bonds is 16. The Kier molecular flexibility index (Phi) is 22.0. The van der Waals surface area contributed by atoms with Crippen LogP contribution in [0.1, 0.15) is 70.6 Å². The Bertz CT molecular complexity index is 4690. The summed E-state index contributed by atoms with van der Waals surface area (Å²) in [4.78, 5) is 33.3. The van der Waals surface area contributed by atoms with Gasteiger partial charge >= 0.3 is 20.2 Å². The lowest BCUT2D eigenvalue weighted by Gasteiger charge is -2.26. The molecule has 4 aromatic heterocycles. The average molecular weight is 1460 g/mol. The summed E-state index contributed by atoms with van der Waals surface area (Å²) in [5, 5.41) is 14.8. The second kappa shape index (κ2) is 30.0. The number of aromatic nitrogens is 6. The molecule has 0 radical (unpaired) electrons. The Morgan fingerprint density at radius 2 is 0.833 bits per heavy atom. The maximum absolute atomic E-state index is 13.3. The first-order chi connectivity index (χ1) is 45.7. The number of hydrazine groups is 2. The standard InChI is InChI=1S/2C27H25Cl2N5O4S.C10H8O6S2/c2*1-18-25(27(35)32-33-14-3-2-4-15-33)31-34(24-12-9-20(28)16-23(24)29)26(18)19-7-10-21(11-8-19)38-39(36,37)22-6-5-13-30-17-22;11-17(12,13)9-5-1-3-7-8(9)4-2-6-10(7)18(14,15)16/h2*5-13,16-17H,2-4,14-15H2,1H3,(H,32,35);1-6H,(H,11,12,13)(H,14,15,16). The van der Waals surface area contributed by atoms with Crippen molar-refractivity contribution >= 4 is 109 Å². The molecular formula is C64H58Cl4N10O14S4. The van der Waals surface area contributed by atoms with Crippen LogP contribution in [-0.4, -0.2) is 120 Å². The molecule has 6 aromatic carbocycles. The number of hydrogen-bond donors (Lipinski definition) is 4. The molecular weight excluding hydrogens is 1400 g/mol. The fourth-order valence-corrected chi connectivity index (χ4v) is 14.7. The number of carbonyl (C=O) groups excluding carboxylic acids is 2. The minimum atomic E-state index is -4.47. The van der Waals surface area contributed by atoms with E-state index < -0.39 is 50.3 Å². The predicted octanol–water partition coefficient (Wildman–Crippen LogP) is 12.2. The molecule has 0 aliphatic carbocycles. The zero-order valence-corrected chi connectivity index (χ0v) is 57.0. The van der Waals surface area contributed by atoms with Crippen LogP contribution in [0.4, 0.5) is 0 Å². The minimum Gasteiger partial charge on any atom is -0.379 e. The Morgan fingerprint density at radius 3 is 1.16 bits per heavy atom. The summed E-state index contributed by atoms with van der Waals surface area (Å²) in [5.41, 5.74) is 11.4. The summed E-state index contributed by atoms with van der Waals surface area (Å²) in [6, 6.07) is 36.4. The van der Waals surface area contributed by atoms with Crippen LogP contribution < -0.4 is 19.2 Å². The Labute approximate surface area is 573 Å². The van der Waals surface area contributed by atoms with Gasteiger partial charge in [-0.05, 0) is 161 Å². The van der Waals surface area contributed by atoms with E-state index in [4.69, 9.17) is 63.9 Å². The number of piperidine rings is 2. The molecule has 12 rings (SSSR count). The number of fused-ring (bicyclic) bond motifs is 1. The molecule has 96 heavy (non-hydrogen) atoms. The molecule has 2 amide bonds. The van der Waals surface area contributed by atoms with Crippen molar-refractivity contribution in [3.8, 4) is 45.4 Å². The molecule has 24 nitrogen and oxygen atoms in total. The summed E-state index contributed by atoms with van der Waals surface area (Å²) in [6.07, 6.45) is 11.8. The molecule has 0 atom stereocenters. The van der Waals surface area contributed by atoms with Crippen LogP contribution in [0.25, 0.3) is 44.7 Å². The quantitative estimate of drug-likeness (QED) is 0.0516. The van der Waals surface area contributed by atoms with Gasteiger partial charge in [0.15, 0.2) is 11.4 Å². The fourth-order valence-electron chi connectivity index (χ4n) is 10.5. The van der Waals surface area contributed by atoms with E-state index in [0.29, 0.717) is 65.1 Å². The van der Waals surface area contributed by atoms with Crippen LogP contribution in [-0.2, 0) is 40.5 Å². The first-order valence-corrected chi connectivity index (χ1v) is 36.5. The molecule has 2 aliphatic heterocycles. The highest BCUT2D eigenvalue weighted by Crippen LogP contribution is 2.37. The Morgan fingerprint density at radius 1 is 0.469 bits per heavy atom. The molecule has 2 aliphatic rings. The van der Waals surface area contributed by atoms with Gasteiger partial charge in [0.25, 0.3) is 32.1 Å². The van der Waals surface area contributed by atoms with E-state index >= 15 is 0 Å². The van der Waals surface area contributed by atoms with Crippen molar-refractivity contribution in [3.63, 3.8) is 0 Å². The summed E-state index contributed by atoms with van der Waals surface area (Å²) in [7, 11) is -17.0. The largest absolute Gasteiger partial charge is 0.379 e. The predicted molar refractivity (Wildman–Crippen MR) is 361 cm³/mol. The Hall–Kier alpha value is -8.36. The second-order valence-corrected chi connectivity index (χ2v) is 29.3. The smallest absolute Gasteiger partial charge is 0.340 e. The molecule has 2 fully saturated rings. The molecule has 0 bridgehead atoms. The molecule has 10 aromatic rings. The number of hydrogen-bond acceptors (Lipinski definition) is 18. The van der Waals surface area contributed by atoms with Gasteiger partial charge in [0.1, 0.15) is 31.1 Å². The molecule has 4 N–H and O–H groups in total. The highest BCUT2D eigenvalue weighted by molar-refractivity contribution is 7.87. The van der Waals surface area contributed by atoms with Crippen molar-refractivity contribution in [2.45, 2.75) is 72.0 Å².